The number of aliphatic carboxylic acids is 1. The molecule has 0 aliphatic rings. The van der Waals surface area contributed by atoms with Crippen LogP contribution in [0.5, 0.6) is 5.75 Å². The molecule has 0 aromatic heterocycles. The zero-order valence-electron chi connectivity index (χ0n) is 9.16. The quantitative estimate of drug-likeness (QED) is 0.891. The van der Waals surface area contributed by atoms with Crippen molar-refractivity contribution in [3.63, 3.8) is 0 Å². The molecule has 0 saturated heterocycles. The van der Waals surface area contributed by atoms with E-state index in [2.05, 4.69) is 15.9 Å². The van der Waals surface area contributed by atoms with Crippen molar-refractivity contribution in [1.29, 1.82) is 0 Å². The smallest absolute Gasteiger partial charge is 0.305 e. The van der Waals surface area contributed by atoms with Gasteiger partial charge in [0.1, 0.15) is 5.75 Å². The molecule has 1 unspecified atom stereocenters. The third-order valence-corrected chi connectivity index (χ3v) is 3.07. The summed E-state index contributed by atoms with van der Waals surface area (Å²) in [5, 5.41) is 8.71. The van der Waals surface area contributed by atoms with Crippen LogP contribution < -0.4 is 10.5 Å². The summed E-state index contributed by atoms with van der Waals surface area (Å²) in [7, 11) is 1.56. The molecule has 3 N–H and O–H groups in total. The Morgan fingerprint density at radius 1 is 1.62 bits per heavy atom. The van der Waals surface area contributed by atoms with E-state index in [0.717, 1.165) is 11.1 Å². The number of ether oxygens (including phenoxy) is 1. The van der Waals surface area contributed by atoms with Gasteiger partial charge in [0.05, 0.1) is 18.0 Å². The van der Waals surface area contributed by atoms with Crippen molar-refractivity contribution in [3.8, 4) is 5.75 Å². The second kappa shape index (κ2) is 5.32. The molecular formula is C11H14BrNO3. The predicted octanol–water partition coefficient (Wildman–Crippen LogP) is 2.24. The predicted molar refractivity (Wildman–Crippen MR) is 64.6 cm³/mol. The molecule has 0 bridgehead atoms. The van der Waals surface area contributed by atoms with E-state index >= 15 is 0 Å². The van der Waals surface area contributed by atoms with Crippen LogP contribution >= 0.6 is 15.9 Å². The number of carboxylic acid groups (broad SMARTS) is 1. The highest BCUT2D eigenvalue weighted by molar-refractivity contribution is 9.10. The number of carbonyl (C=O) groups is 1. The highest BCUT2D eigenvalue weighted by atomic mass is 79.9. The zero-order chi connectivity index (χ0) is 12.3. The fourth-order valence-corrected chi connectivity index (χ4v) is 2.16. The van der Waals surface area contributed by atoms with Crippen molar-refractivity contribution in [3.05, 3.63) is 27.7 Å². The zero-order valence-corrected chi connectivity index (χ0v) is 10.7. The second-order valence-corrected chi connectivity index (χ2v) is 4.37. The molecule has 1 aromatic carbocycles. The third kappa shape index (κ3) is 2.96. The number of aryl methyl sites for hydroxylation is 1. The molecule has 0 heterocycles. The number of methoxy groups -OCH3 is 1. The Morgan fingerprint density at radius 3 is 2.75 bits per heavy atom. The number of benzene rings is 1. The summed E-state index contributed by atoms with van der Waals surface area (Å²) in [6.45, 7) is 1.91. The normalized spacial score (nSPS) is 12.2. The van der Waals surface area contributed by atoms with Crippen LogP contribution in [0.2, 0.25) is 0 Å². The minimum absolute atomic E-state index is 0.106. The average Bonchev–Trinajstić information content (AvgIpc) is 2.19. The number of rotatable bonds is 4. The van der Waals surface area contributed by atoms with Gasteiger partial charge in [0.15, 0.2) is 0 Å². The van der Waals surface area contributed by atoms with Gasteiger partial charge >= 0.3 is 5.97 Å². The van der Waals surface area contributed by atoms with Crippen molar-refractivity contribution >= 4 is 21.9 Å². The summed E-state index contributed by atoms with van der Waals surface area (Å²) in [6.07, 6.45) is -0.106. The Bertz CT molecular complexity index is 406. The average molecular weight is 288 g/mol. The third-order valence-electron chi connectivity index (χ3n) is 2.23. The highest BCUT2D eigenvalue weighted by Gasteiger charge is 2.16. The van der Waals surface area contributed by atoms with Crippen molar-refractivity contribution in [2.24, 2.45) is 5.73 Å². The second-order valence-electron chi connectivity index (χ2n) is 3.57. The van der Waals surface area contributed by atoms with E-state index in [1.165, 1.54) is 0 Å². The standard InChI is InChI=1S/C11H14BrNO3/c1-6-3-7(8(13)5-10(14)15)11(12)9(4-6)16-2/h3-4,8H,5,13H2,1-2H3,(H,14,15). The first-order valence-corrected chi connectivity index (χ1v) is 5.56. The van der Waals surface area contributed by atoms with Gasteiger partial charge in [0.2, 0.25) is 0 Å². The molecule has 0 amide bonds. The van der Waals surface area contributed by atoms with Gasteiger partial charge < -0.3 is 15.6 Å². The minimum atomic E-state index is -0.917. The first-order chi connectivity index (χ1) is 7.45. The molecule has 0 spiro atoms. The molecular weight excluding hydrogens is 274 g/mol. The Balaban J connectivity index is 3.12. The van der Waals surface area contributed by atoms with E-state index < -0.39 is 12.0 Å². The Hall–Kier alpha value is -1.07. The van der Waals surface area contributed by atoms with Crippen molar-refractivity contribution in [2.45, 2.75) is 19.4 Å². The van der Waals surface area contributed by atoms with E-state index in [1.807, 2.05) is 19.1 Å². The molecule has 0 radical (unpaired) electrons. The van der Waals surface area contributed by atoms with Crippen LogP contribution in [0.15, 0.2) is 16.6 Å². The van der Waals surface area contributed by atoms with Crippen molar-refractivity contribution in [1.82, 2.24) is 0 Å². The van der Waals surface area contributed by atoms with E-state index in [1.54, 1.807) is 7.11 Å². The first-order valence-electron chi connectivity index (χ1n) is 4.77. The minimum Gasteiger partial charge on any atom is -0.496 e. The molecule has 0 fully saturated rings. The van der Waals surface area contributed by atoms with Crippen LogP contribution in [0.4, 0.5) is 0 Å². The summed E-state index contributed by atoms with van der Waals surface area (Å²) in [5.41, 5.74) is 7.55. The fraction of sp³-hybridized carbons (Fsp3) is 0.364. The van der Waals surface area contributed by atoms with E-state index in [4.69, 9.17) is 15.6 Å². The summed E-state index contributed by atoms with van der Waals surface area (Å²) in [6, 6.07) is 3.18. The molecule has 0 aliphatic heterocycles. The van der Waals surface area contributed by atoms with Gasteiger partial charge in [0, 0.05) is 6.04 Å². The number of hydrogen-bond acceptors (Lipinski definition) is 3. The Labute approximate surface area is 103 Å². The van der Waals surface area contributed by atoms with Crippen LogP contribution in [-0.4, -0.2) is 18.2 Å². The molecule has 1 rings (SSSR count). The lowest BCUT2D eigenvalue weighted by molar-refractivity contribution is -0.137. The maximum absolute atomic E-state index is 10.6. The fourth-order valence-electron chi connectivity index (χ4n) is 1.48. The molecule has 1 aromatic rings. The largest absolute Gasteiger partial charge is 0.496 e. The number of nitrogens with two attached hydrogens (primary N) is 1. The Kier molecular flexibility index (Phi) is 4.32. The first kappa shape index (κ1) is 13.0. The summed E-state index contributed by atoms with van der Waals surface area (Å²) < 4.78 is 5.89. The number of halogens is 1. The van der Waals surface area contributed by atoms with Gasteiger partial charge in [-0.3, -0.25) is 4.79 Å². The molecule has 88 valence electrons. The molecule has 5 heteroatoms. The summed E-state index contributed by atoms with van der Waals surface area (Å²) in [5.74, 6) is -0.254. The lowest BCUT2D eigenvalue weighted by Gasteiger charge is -2.15. The lowest BCUT2D eigenvalue weighted by Crippen LogP contribution is -2.16. The summed E-state index contributed by atoms with van der Waals surface area (Å²) in [4.78, 5) is 10.6. The maximum Gasteiger partial charge on any atom is 0.305 e. The molecule has 0 aliphatic carbocycles. The molecule has 4 nitrogen and oxygen atoms in total. The maximum atomic E-state index is 10.6. The molecule has 16 heavy (non-hydrogen) atoms. The van der Waals surface area contributed by atoms with Crippen LogP contribution in [0.25, 0.3) is 0 Å². The van der Waals surface area contributed by atoms with Gasteiger partial charge in [-0.05, 0) is 40.0 Å². The Morgan fingerprint density at radius 2 is 2.25 bits per heavy atom. The highest BCUT2D eigenvalue weighted by Crippen LogP contribution is 2.33. The topological polar surface area (TPSA) is 72.5 Å². The van der Waals surface area contributed by atoms with Gasteiger partial charge in [-0.15, -0.1) is 0 Å². The van der Waals surface area contributed by atoms with Crippen molar-refractivity contribution in [2.75, 3.05) is 7.11 Å². The van der Waals surface area contributed by atoms with Crippen LogP contribution in [0.1, 0.15) is 23.6 Å². The van der Waals surface area contributed by atoms with Crippen LogP contribution in [0.3, 0.4) is 0 Å². The van der Waals surface area contributed by atoms with Gasteiger partial charge in [0.25, 0.3) is 0 Å². The number of hydrogen-bond donors (Lipinski definition) is 2. The van der Waals surface area contributed by atoms with E-state index in [0.29, 0.717) is 10.2 Å². The van der Waals surface area contributed by atoms with E-state index in [-0.39, 0.29) is 6.42 Å². The van der Waals surface area contributed by atoms with Gasteiger partial charge in [-0.2, -0.15) is 0 Å². The van der Waals surface area contributed by atoms with E-state index in [9.17, 15) is 4.79 Å². The van der Waals surface area contributed by atoms with Crippen LogP contribution in [0, 0.1) is 6.92 Å². The molecule has 0 saturated carbocycles. The molecule has 1 atom stereocenters. The lowest BCUT2D eigenvalue weighted by atomic mass is 10.0. The van der Waals surface area contributed by atoms with Crippen LogP contribution in [-0.2, 0) is 4.79 Å². The summed E-state index contributed by atoms with van der Waals surface area (Å²) >= 11 is 3.37. The SMILES string of the molecule is COc1cc(C)cc(C(N)CC(=O)O)c1Br. The van der Waals surface area contributed by atoms with Gasteiger partial charge in [-0.25, -0.2) is 0 Å². The van der Waals surface area contributed by atoms with Gasteiger partial charge in [-0.1, -0.05) is 6.07 Å². The number of carboxylic acids is 1. The van der Waals surface area contributed by atoms with Crippen molar-refractivity contribution < 1.29 is 14.6 Å². The monoisotopic (exact) mass is 287 g/mol.